The molecule has 0 atom stereocenters. The van der Waals surface area contributed by atoms with E-state index in [1.165, 1.54) is 0 Å². The summed E-state index contributed by atoms with van der Waals surface area (Å²) in [6.07, 6.45) is 10.8. The lowest BCUT2D eigenvalue weighted by atomic mass is 8.81. The molecule has 6 fully saturated rings. The van der Waals surface area contributed by atoms with Gasteiger partial charge in [-0.2, -0.15) is 0 Å². The fraction of sp³-hybridized carbons (Fsp3) is 0.741. The summed E-state index contributed by atoms with van der Waals surface area (Å²) >= 11 is 0. The molecule has 6 heterocycles. The van der Waals surface area contributed by atoms with E-state index in [9.17, 15) is 35.9 Å². The molecule has 13 nitrogen and oxygen atoms in total. The van der Waals surface area contributed by atoms with E-state index in [4.69, 9.17) is 54.6 Å². The first-order valence-electron chi connectivity index (χ1n) is 28.4. The fourth-order valence-corrected chi connectivity index (χ4v) is 9.98. The summed E-state index contributed by atoms with van der Waals surface area (Å²) in [5.41, 5.74) is -1.06. The first kappa shape index (κ1) is 69.2. The Morgan fingerprint density at radius 1 is 0.463 bits per heavy atom. The van der Waals surface area contributed by atoms with Crippen molar-refractivity contribution in [2.75, 3.05) is 78.5 Å². The van der Waals surface area contributed by atoms with Gasteiger partial charge in [0.1, 0.15) is 46.1 Å². The Bertz CT molecular complexity index is 2100. The monoisotopic (exact) mass is 1120 g/mol. The fourth-order valence-electron chi connectivity index (χ4n) is 9.98. The molecule has 8 rings (SSSR count). The number of hydrogen-bond acceptors (Lipinski definition) is 11. The van der Waals surface area contributed by atoms with E-state index in [1.807, 2.05) is 51.3 Å². The highest BCUT2D eigenvalue weighted by molar-refractivity contribution is 7.76. The predicted molar refractivity (Wildman–Crippen MR) is 306 cm³/mol. The molecule has 2 aromatic carbocycles. The lowest BCUT2D eigenvalue weighted by molar-refractivity contribution is -0.0670. The van der Waals surface area contributed by atoms with Crippen molar-refractivity contribution < 1.29 is 59.6 Å². The van der Waals surface area contributed by atoms with Crippen LogP contribution in [0, 0.1) is 34.9 Å². The Kier molecular flexibility index (Phi) is 29.3. The highest BCUT2D eigenvalue weighted by Crippen LogP contribution is 2.27. The Morgan fingerprint density at radius 2 is 0.700 bits per heavy atom. The van der Waals surface area contributed by atoms with Gasteiger partial charge in [0.2, 0.25) is 0 Å². The summed E-state index contributed by atoms with van der Waals surface area (Å²) < 4.78 is 110. The van der Waals surface area contributed by atoms with E-state index in [2.05, 4.69) is 10.6 Å². The summed E-state index contributed by atoms with van der Waals surface area (Å²) in [4.78, 5) is 31.6. The van der Waals surface area contributed by atoms with Gasteiger partial charge >= 0.3 is 12.2 Å². The number of carbonyl (C=O) groups is 2. The van der Waals surface area contributed by atoms with Crippen LogP contribution in [0.2, 0.25) is 0 Å². The molecule has 0 spiro atoms. The molecule has 6 aliphatic rings. The largest absolute Gasteiger partial charge is 0.444 e. The van der Waals surface area contributed by atoms with Crippen molar-refractivity contribution in [3.05, 3.63) is 70.3 Å². The zero-order valence-corrected chi connectivity index (χ0v) is 48.1. The average molecular weight is 1120 g/mol. The summed E-state index contributed by atoms with van der Waals surface area (Å²) in [6.45, 7) is 21.2. The van der Waals surface area contributed by atoms with Gasteiger partial charge in [-0.05, 0) is 145 Å². The van der Waals surface area contributed by atoms with Crippen molar-refractivity contribution in [1.29, 1.82) is 0 Å². The molecular weight excluding hydrogens is 1030 g/mol. The average Bonchev–Trinajstić information content (AvgIpc) is 3.39. The van der Waals surface area contributed by atoms with Crippen molar-refractivity contribution in [1.82, 2.24) is 30.2 Å². The van der Waals surface area contributed by atoms with Gasteiger partial charge in [0.05, 0.1) is 36.6 Å². The van der Waals surface area contributed by atoms with E-state index in [1.54, 1.807) is 9.80 Å². The maximum absolute atomic E-state index is 13.9. The number of benzene rings is 2. The van der Waals surface area contributed by atoms with Crippen LogP contribution in [0.1, 0.15) is 130 Å². The normalized spacial score (nSPS) is 19.9. The van der Waals surface area contributed by atoms with Gasteiger partial charge in [0.25, 0.3) is 0 Å². The molecule has 0 bridgehead atoms. The second kappa shape index (κ2) is 33.9. The SMILES string of the molecule is CC(C)(C)OC(=O)N1CCC(OC2CCN(Cc3c(F)cc(F)cc3F)CC2)CC1.CC(C)(C)OC(=O)N1CCC(OC2CCNCC2)CC1.Fc1cc(F)c(CN2CCC(OC3CCNCC3)CC2)c(F)c1.[B].[B]B([B])B([B])[B]. The second-order valence-electron chi connectivity index (χ2n) is 23.4. The Balaban J connectivity index is 0.000000248. The minimum absolute atomic E-state index is 0. The lowest BCUT2D eigenvalue weighted by Gasteiger charge is -2.37. The van der Waals surface area contributed by atoms with Crippen LogP contribution in [0.4, 0.5) is 35.9 Å². The quantitative estimate of drug-likeness (QED) is 0.183. The number of piperidine rings is 6. The number of likely N-dealkylation sites (tertiary alicyclic amines) is 4. The van der Waals surface area contributed by atoms with Crippen LogP contribution in [0.5, 0.6) is 0 Å². The lowest BCUT2D eigenvalue weighted by Crippen LogP contribution is -2.45. The molecule has 80 heavy (non-hydrogen) atoms. The van der Waals surface area contributed by atoms with Crippen molar-refractivity contribution in [2.24, 2.45) is 0 Å². The number of nitrogens with zero attached hydrogens (tertiary/aromatic N) is 4. The number of carbonyl (C=O) groups excluding carboxylic acids is 2. The molecule has 0 aliphatic carbocycles. The molecule has 0 unspecified atom stereocenters. The maximum Gasteiger partial charge on any atom is 0.410 e. The number of hydrogen-bond donors (Lipinski definition) is 2. The van der Waals surface area contributed by atoms with Crippen LogP contribution in [0.3, 0.4) is 0 Å². The molecule has 2 N–H and O–H groups in total. The molecular formula is C54H82B7F6N6O7. The minimum Gasteiger partial charge on any atom is -0.444 e. The van der Waals surface area contributed by atoms with Crippen molar-refractivity contribution in [3.8, 4) is 0 Å². The molecule has 0 aromatic heterocycles. The van der Waals surface area contributed by atoms with Gasteiger partial charge in [-0.1, -0.05) is 0 Å². The highest BCUT2D eigenvalue weighted by Gasteiger charge is 2.32. The van der Waals surface area contributed by atoms with Crippen molar-refractivity contribution in [2.45, 2.75) is 180 Å². The Hall–Kier alpha value is -3.27. The minimum atomic E-state index is -0.904. The van der Waals surface area contributed by atoms with Crippen LogP contribution >= 0.6 is 0 Å². The maximum atomic E-state index is 13.9. The number of rotatable bonds is 11. The van der Waals surface area contributed by atoms with Crippen molar-refractivity contribution in [3.63, 3.8) is 0 Å². The third-order valence-electron chi connectivity index (χ3n) is 14.4. The summed E-state index contributed by atoms with van der Waals surface area (Å²) in [7, 11) is 19.9. The van der Waals surface area contributed by atoms with Gasteiger partial charge in [0.15, 0.2) is 0 Å². The Labute approximate surface area is 480 Å². The zero-order chi connectivity index (χ0) is 57.9. The van der Waals surface area contributed by atoms with E-state index < -0.39 is 58.9 Å². The molecule has 6 saturated heterocycles. The van der Waals surface area contributed by atoms with Crippen LogP contribution in [0.15, 0.2) is 24.3 Å². The first-order chi connectivity index (χ1) is 37.3. The van der Waals surface area contributed by atoms with Gasteiger partial charge in [-0.15, -0.1) is 0 Å². The van der Waals surface area contributed by atoms with Crippen molar-refractivity contribution >= 4 is 64.3 Å². The third-order valence-corrected chi connectivity index (χ3v) is 14.4. The highest BCUT2D eigenvalue weighted by atomic mass is 19.2. The van der Waals surface area contributed by atoms with E-state index in [-0.39, 0.29) is 63.1 Å². The van der Waals surface area contributed by atoms with Crippen LogP contribution in [0.25, 0.3) is 0 Å². The topological polar surface area (TPSA) is 117 Å². The predicted octanol–water partition coefficient (Wildman–Crippen LogP) is 6.81. The van der Waals surface area contributed by atoms with Crippen LogP contribution in [-0.4, -0.2) is 210 Å². The summed E-state index contributed by atoms with van der Waals surface area (Å²) in [6, 6.07) is 2.92. The van der Waals surface area contributed by atoms with E-state index in [0.717, 1.165) is 154 Å². The summed E-state index contributed by atoms with van der Waals surface area (Å²) in [5, 5.41) is 6.66. The van der Waals surface area contributed by atoms with Gasteiger partial charge in [0, 0.05) is 153 Å². The van der Waals surface area contributed by atoms with Gasteiger partial charge in [-0.25, -0.2) is 35.9 Å². The number of ether oxygens (including phenoxy) is 5. The molecule has 433 valence electrons. The molecule has 2 amide bonds. The Morgan fingerprint density at radius 3 is 0.938 bits per heavy atom. The molecule has 0 saturated carbocycles. The van der Waals surface area contributed by atoms with Gasteiger partial charge < -0.3 is 44.1 Å². The van der Waals surface area contributed by atoms with E-state index >= 15 is 0 Å². The molecule has 26 heteroatoms. The molecule has 11 radical (unpaired) electrons. The second-order valence-corrected chi connectivity index (χ2v) is 23.4. The van der Waals surface area contributed by atoms with Crippen LogP contribution in [-0.2, 0) is 36.8 Å². The van der Waals surface area contributed by atoms with Crippen LogP contribution < -0.4 is 10.6 Å². The standard InChI is InChI=1S/C22H31F3N2O3.C17H23F3N2O.C15H28N2O3.B6.B/c1-22(2,3)30-21(28)27-10-6-17(7-11-27)29-16-4-8-26(9-5-16)14-18-19(24)12-15(23)13-20(18)25;18-12-9-16(19)15(17(20)10-12)11-22-7-3-14(4-8-22)23-13-1-5-21-6-2-13;1-15(2,3)20-14(18)17-10-6-13(7-11-17)19-12-4-8-16-9-5-12;1-5(2)6(3)4;/h12-13,16-17H,4-11,14H2,1-3H3;9-10,13-14,21H,1-8,11H2;12-13,16H,4-11H2,1-3H3;;. The van der Waals surface area contributed by atoms with E-state index in [0.29, 0.717) is 44.5 Å². The smallest absolute Gasteiger partial charge is 0.410 e. The zero-order valence-electron chi connectivity index (χ0n) is 48.1. The number of halogens is 6. The van der Waals surface area contributed by atoms with Gasteiger partial charge in [-0.3, -0.25) is 9.80 Å². The number of amides is 2. The molecule has 6 aliphatic heterocycles. The first-order valence-corrected chi connectivity index (χ1v) is 28.4. The third kappa shape index (κ3) is 25.3. The number of nitrogens with one attached hydrogen (secondary N) is 2. The summed E-state index contributed by atoms with van der Waals surface area (Å²) in [5.74, 6) is -5.09. The molecule has 2 aromatic rings.